The van der Waals surface area contributed by atoms with Crippen LogP contribution >= 0.6 is 0 Å². The molecular formula is C10H13NO4. The molecule has 0 spiro atoms. The molecule has 0 heterocycles. The maximum absolute atomic E-state index is 10.4. The van der Waals surface area contributed by atoms with Gasteiger partial charge in [0.05, 0.1) is 6.42 Å². The molecule has 0 aliphatic carbocycles. The summed E-state index contributed by atoms with van der Waals surface area (Å²) in [4.78, 5) is 10.4. The van der Waals surface area contributed by atoms with E-state index in [1.807, 2.05) is 0 Å². The van der Waals surface area contributed by atoms with E-state index >= 15 is 0 Å². The van der Waals surface area contributed by atoms with Gasteiger partial charge < -0.3 is 21.1 Å². The first-order valence-electron chi connectivity index (χ1n) is 4.47. The second-order valence-corrected chi connectivity index (χ2v) is 3.39. The number of rotatable bonds is 4. The summed E-state index contributed by atoms with van der Waals surface area (Å²) < 4.78 is 0. The van der Waals surface area contributed by atoms with Gasteiger partial charge in [-0.25, -0.2) is 0 Å². The Balaban J connectivity index is 2.64. The van der Waals surface area contributed by atoms with Crippen molar-refractivity contribution in [2.24, 2.45) is 5.73 Å². The minimum absolute atomic E-state index is 0.123. The minimum atomic E-state index is -0.953. The number of hydrogen-bond acceptors (Lipinski definition) is 4. The van der Waals surface area contributed by atoms with Gasteiger partial charge in [-0.3, -0.25) is 4.79 Å². The fourth-order valence-corrected chi connectivity index (χ4v) is 1.30. The van der Waals surface area contributed by atoms with Crippen LogP contribution in [0.4, 0.5) is 0 Å². The van der Waals surface area contributed by atoms with Crippen LogP contribution < -0.4 is 5.73 Å². The van der Waals surface area contributed by atoms with E-state index in [9.17, 15) is 9.90 Å². The Labute approximate surface area is 86.8 Å². The number of carbonyl (C=O) groups is 1. The molecule has 1 aromatic carbocycles. The average molecular weight is 211 g/mol. The molecule has 0 unspecified atom stereocenters. The van der Waals surface area contributed by atoms with E-state index in [4.69, 9.17) is 15.9 Å². The third-order valence-electron chi connectivity index (χ3n) is 1.97. The van der Waals surface area contributed by atoms with Crippen molar-refractivity contribution in [3.63, 3.8) is 0 Å². The molecule has 0 saturated heterocycles. The molecule has 1 atom stereocenters. The van der Waals surface area contributed by atoms with E-state index in [2.05, 4.69) is 0 Å². The molecular weight excluding hydrogens is 198 g/mol. The smallest absolute Gasteiger partial charge is 0.304 e. The van der Waals surface area contributed by atoms with Crippen molar-refractivity contribution in [3.8, 4) is 11.5 Å². The SMILES string of the molecule is N[C@H](CC(=O)O)Cc1ccc(O)c(O)c1. The average Bonchev–Trinajstić information content (AvgIpc) is 2.10. The lowest BCUT2D eigenvalue weighted by Gasteiger charge is -2.09. The summed E-state index contributed by atoms with van der Waals surface area (Å²) in [5.41, 5.74) is 6.26. The van der Waals surface area contributed by atoms with Gasteiger partial charge in [0.2, 0.25) is 0 Å². The summed E-state index contributed by atoms with van der Waals surface area (Å²) in [6.07, 6.45) is 0.224. The molecule has 0 bridgehead atoms. The van der Waals surface area contributed by atoms with Gasteiger partial charge in [-0.1, -0.05) is 6.07 Å². The van der Waals surface area contributed by atoms with Gasteiger partial charge in [-0.15, -0.1) is 0 Å². The normalized spacial score (nSPS) is 12.3. The zero-order chi connectivity index (χ0) is 11.4. The molecule has 0 aliphatic rings. The Hall–Kier alpha value is -1.75. The first kappa shape index (κ1) is 11.3. The highest BCUT2D eigenvalue weighted by molar-refractivity contribution is 5.67. The summed E-state index contributed by atoms with van der Waals surface area (Å²) in [6, 6.07) is 3.82. The number of aromatic hydroxyl groups is 2. The van der Waals surface area contributed by atoms with Crippen LogP contribution in [0.1, 0.15) is 12.0 Å². The number of phenolic OH excluding ortho intramolecular Hbond substituents is 2. The summed E-state index contributed by atoms with van der Waals surface area (Å²) in [5.74, 6) is -1.38. The topological polar surface area (TPSA) is 104 Å². The molecule has 0 fully saturated rings. The van der Waals surface area contributed by atoms with Crippen molar-refractivity contribution in [1.29, 1.82) is 0 Å². The molecule has 0 saturated carbocycles. The van der Waals surface area contributed by atoms with E-state index in [0.717, 1.165) is 0 Å². The van der Waals surface area contributed by atoms with Gasteiger partial charge >= 0.3 is 5.97 Å². The Bertz CT molecular complexity index is 364. The third kappa shape index (κ3) is 3.47. The number of benzene rings is 1. The zero-order valence-electron chi connectivity index (χ0n) is 8.05. The first-order chi connectivity index (χ1) is 6.99. The Morgan fingerprint density at radius 1 is 1.33 bits per heavy atom. The van der Waals surface area contributed by atoms with Crippen molar-refractivity contribution in [2.75, 3.05) is 0 Å². The Morgan fingerprint density at radius 2 is 2.00 bits per heavy atom. The highest BCUT2D eigenvalue weighted by atomic mass is 16.4. The van der Waals surface area contributed by atoms with E-state index < -0.39 is 12.0 Å². The molecule has 0 aromatic heterocycles. The van der Waals surface area contributed by atoms with Crippen LogP contribution in [0.5, 0.6) is 11.5 Å². The Kier molecular flexibility index (Phi) is 3.51. The largest absolute Gasteiger partial charge is 0.504 e. The number of hydrogen-bond donors (Lipinski definition) is 4. The van der Waals surface area contributed by atoms with Crippen LogP contribution in [0, 0.1) is 0 Å². The third-order valence-corrected chi connectivity index (χ3v) is 1.97. The molecule has 5 N–H and O–H groups in total. The van der Waals surface area contributed by atoms with Gasteiger partial charge in [0.25, 0.3) is 0 Å². The van der Waals surface area contributed by atoms with E-state index in [1.54, 1.807) is 6.07 Å². The van der Waals surface area contributed by atoms with E-state index in [0.29, 0.717) is 12.0 Å². The molecule has 0 radical (unpaired) electrons. The molecule has 0 aliphatic heterocycles. The van der Waals surface area contributed by atoms with Gasteiger partial charge in [0.15, 0.2) is 11.5 Å². The van der Waals surface area contributed by atoms with Crippen LogP contribution in [0.25, 0.3) is 0 Å². The quantitative estimate of drug-likeness (QED) is 0.541. The predicted molar refractivity (Wildman–Crippen MR) is 53.7 cm³/mol. The highest BCUT2D eigenvalue weighted by Gasteiger charge is 2.10. The molecule has 5 heteroatoms. The summed E-state index contributed by atoms with van der Waals surface area (Å²) in [6.45, 7) is 0. The van der Waals surface area contributed by atoms with Gasteiger partial charge in [0.1, 0.15) is 0 Å². The molecule has 5 nitrogen and oxygen atoms in total. The van der Waals surface area contributed by atoms with E-state index in [-0.39, 0.29) is 17.9 Å². The Morgan fingerprint density at radius 3 is 2.53 bits per heavy atom. The van der Waals surface area contributed by atoms with E-state index in [1.165, 1.54) is 12.1 Å². The van der Waals surface area contributed by atoms with Crippen molar-refractivity contribution < 1.29 is 20.1 Å². The second kappa shape index (κ2) is 4.65. The fourth-order valence-electron chi connectivity index (χ4n) is 1.30. The second-order valence-electron chi connectivity index (χ2n) is 3.39. The fraction of sp³-hybridized carbons (Fsp3) is 0.300. The van der Waals surface area contributed by atoms with Crippen molar-refractivity contribution in [1.82, 2.24) is 0 Å². The monoisotopic (exact) mass is 211 g/mol. The van der Waals surface area contributed by atoms with Gasteiger partial charge in [0, 0.05) is 6.04 Å². The van der Waals surface area contributed by atoms with Gasteiger partial charge in [-0.05, 0) is 24.1 Å². The van der Waals surface area contributed by atoms with Crippen LogP contribution in [0.15, 0.2) is 18.2 Å². The summed E-state index contributed by atoms with van der Waals surface area (Å²) in [7, 11) is 0. The molecule has 1 rings (SSSR count). The zero-order valence-corrected chi connectivity index (χ0v) is 8.05. The lowest BCUT2D eigenvalue weighted by molar-refractivity contribution is -0.137. The number of phenols is 2. The lowest BCUT2D eigenvalue weighted by atomic mass is 10.0. The lowest BCUT2D eigenvalue weighted by Crippen LogP contribution is -2.26. The van der Waals surface area contributed by atoms with Crippen molar-refractivity contribution in [2.45, 2.75) is 18.9 Å². The molecule has 15 heavy (non-hydrogen) atoms. The maximum atomic E-state index is 10.4. The van der Waals surface area contributed by atoms with Crippen LogP contribution in [-0.4, -0.2) is 27.3 Å². The predicted octanol–water partition coefficient (Wildman–Crippen LogP) is 0.442. The minimum Gasteiger partial charge on any atom is -0.504 e. The van der Waals surface area contributed by atoms with Crippen LogP contribution in [0.3, 0.4) is 0 Å². The summed E-state index contributed by atoms with van der Waals surface area (Å²) >= 11 is 0. The number of carboxylic acid groups (broad SMARTS) is 1. The van der Waals surface area contributed by atoms with Crippen LogP contribution in [0.2, 0.25) is 0 Å². The molecule has 1 aromatic rings. The number of aliphatic carboxylic acids is 1. The highest BCUT2D eigenvalue weighted by Crippen LogP contribution is 2.25. The van der Waals surface area contributed by atoms with Gasteiger partial charge in [-0.2, -0.15) is 0 Å². The van der Waals surface area contributed by atoms with Crippen LogP contribution in [-0.2, 0) is 11.2 Å². The van der Waals surface area contributed by atoms with Crippen molar-refractivity contribution >= 4 is 5.97 Å². The molecule has 82 valence electrons. The standard InChI is InChI=1S/C10H13NO4/c11-7(5-10(14)15)3-6-1-2-8(12)9(13)4-6/h1-2,4,7,12-13H,3,5,11H2,(H,14,15)/t7-/m0/s1. The number of carboxylic acids is 1. The maximum Gasteiger partial charge on any atom is 0.304 e. The molecule has 0 amide bonds. The number of nitrogens with two attached hydrogens (primary N) is 1. The first-order valence-corrected chi connectivity index (χ1v) is 4.47. The van der Waals surface area contributed by atoms with Crippen molar-refractivity contribution in [3.05, 3.63) is 23.8 Å². The summed E-state index contributed by atoms with van der Waals surface area (Å²) in [5, 5.41) is 26.7.